The van der Waals surface area contributed by atoms with Crippen LogP contribution in [0, 0.1) is 6.92 Å². The highest BCUT2D eigenvalue weighted by molar-refractivity contribution is 7.98. The molecule has 1 atom stereocenters. The van der Waals surface area contributed by atoms with Crippen LogP contribution in [0.4, 0.5) is 5.82 Å². The lowest BCUT2D eigenvalue weighted by Gasteiger charge is -2.24. The van der Waals surface area contributed by atoms with Crippen molar-refractivity contribution in [1.29, 1.82) is 0 Å². The Balaban J connectivity index is 1.67. The van der Waals surface area contributed by atoms with E-state index in [1.54, 1.807) is 24.3 Å². The highest BCUT2D eigenvalue weighted by Gasteiger charge is 2.31. The van der Waals surface area contributed by atoms with Crippen LogP contribution in [0.5, 0.6) is 5.75 Å². The molecule has 6 nitrogen and oxygen atoms in total. The van der Waals surface area contributed by atoms with E-state index in [0.717, 1.165) is 5.56 Å². The number of rotatable bonds is 4. The van der Waals surface area contributed by atoms with Gasteiger partial charge in [0.2, 0.25) is 5.91 Å². The SMILES string of the molecule is Cc1ccccc1CSc1nc2c(c(=O)[nH]1)C(c1cccc(O)c1)CC(=O)N2. The zero-order valence-corrected chi connectivity index (χ0v) is 16.0. The van der Waals surface area contributed by atoms with Crippen molar-refractivity contribution < 1.29 is 9.90 Å². The number of nitrogens with one attached hydrogen (secondary N) is 2. The van der Waals surface area contributed by atoms with E-state index in [4.69, 9.17) is 0 Å². The minimum Gasteiger partial charge on any atom is -0.508 e. The van der Waals surface area contributed by atoms with Gasteiger partial charge in [0.1, 0.15) is 11.6 Å². The third kappa shape index (κ3) is 3.66. The molecule has 0 bridgehead atoms. The van der Waals surface area contributed by atoms with Gasteiger partial charge in [-0.15, -0.1) is 0 Å². The summed E-state index contributed by atoms with van der Waals surface area (Å²) in [6, 6.07) is 14.7. The van der Waals surface area contributed by atoms with Crippen LogP contribution in [-0.4, -0.2) is 21.0 Å². The second-order valence-electron chi connectivity index (χ2n) is 6.75. The van der Waals surface area contributed by atoms with Crippen LogP contribution >= 0.6 is 11.8 Å². The molecule has 0 saturated heterocycles. The molecular formula is C21H19N3O3S. The fourth-order valence-corrected chi connectivity index (χ4v) is 4.30. The number of aromatic amines is 1. The highest BCUT2D eigenvalue weighted by Crippen LogP contribution is 2.35. The van der Waals surface area contributed by atoms with Gasteiger partial charge in [-0.2, -0.15) is 0 Å². The number of H-pyrrole nitrogens is 1. The van der Waals surface area contributed by atoms with E-state index in [-0.39, 0.29) is 23.6 Å². The Morgan fingerprint density at radius 3 is 2.79 bits per heavy atom. The fourth-order valence-electron chi connectivity index (χ4n) is 3.36. The Morgan fingerprint density at radius 2 is 2.00 bits per heavy atom. The molecule has 28 heavy (non-hydrogen) atoms. The van der Waals surface area contributed by atoms with Gasteiger partial charge in [-0.3, -0.25) is 9.59 Å². The van der Waals surface area contributed by atoms with Crippen molar-refractivity contribution in [3.8, 4) is 5.75 Å². The van der Waals surface area contributed by atoms with Gasteiger partial charge in [0.25, 0.3) is 5.56 Å². The summed E-state index contributed by atoms with van der Waals surface area (Å²) < 4.78 is 0. The van der Waals surface area contributed by atoms with Gasteiger partial charge in [-0.1, -0.05) is 48.2 Å². The second-order valence-corrected chi connectivity index (χ2v) is 7.71. The summed E-state index contributed by atoms with van der Waals surface area (Å²) in [6.45, 7) is 2.04. The molecule has 142 valence electrons. The Morgan fingerprint density at radius 1 is 1.18 bits per heavy atom. The number of benzene rings is 2. The number of hydrogen-bond acceptors (Lipinski definition) is 5. The van der Waals surface area contributed by atoms with Crippen LogP contribution in [0.2, 0.25) is 0 Å². The molecular weight excluding hydrogens is 374 g/mol. The van der Waals surface area contributed by atoms with Crippen molar-refractivity contribution in [2.75, 3.05) is 5.32 Å². The Labute approximate surface area is 166 Å². The average molecular weight is 393 g/mol. The molecule has 4 rings (SSSR count). The number of phenolic OH excluding ortho intramolecular Hbond substituents is 1. The first-order chi connectivity index (χ1) is 13.5. The first-order valence-corrected chi connectivity index (χ1v) is 9.90. The van der Waals surface area contributed by atoms with Crippen molar-refractivity contribution in [3.05, 3.63) is 81.1 Å². The molecule has 2 heterocycles. The lowest BCUT2D eigenvalue weighted by Crippen LogP contribution is -2.31. The number of hydrogen-bond donors (Lipinski definition) is 3. The van der Waals surface area contributed by atoms with E-state index in [9.17, 15) is 14.7 Å². The van der Waals surface area contributed by atoms with E-state index in [1.807, 2.05) is 31.2 Å². The molecule has 2 aromatic carbocycles. The summed E-state index contributed by atoms with van der Waals surface area (Å²) in [5, 5.41) is 12.9. The molecule has 0 aliphatic carbocycles. The highest BCUT2D eigenvalue weighted by atomic mass is 32.2. The van der Waals surface area contributed by atoms with Crippen molar-refractivity contribution >= 4 is 23.5 Å². The van der Waals surface area contributed by atoms with Gasteiger partial charge in [-0.05, 0) is 35.7 Å². The maximum atomic E-state index is 12.8. The summed E-state index contributed by atoms with van der Waals surface area (Å²) in [5.41, 5.74) is 3.20. The number of nitrogens with zero attached hydrogens (tertiary/aromatic N) is 1. The third-order valence-electron chi connectivity index (χ3n) is 4.83. The molecule has 1 unspecified atom stereocenters. The van der Waals surface area contributed by atoms with Crippen molar-refractivity contribution in [3.63, 3.8) is 0 Å². The van der Waals surface area contributed by atoms with Crippen LogP contribution in [0.15, 0.2) is 58.5 Å². The van der Waals surface area contributed by atoms with E-state index in [2.05, 4.69) is 15.3 Å². The topological polar surface area (TPSA) is 95.1 Å². The van der Waals surface area contributed by atoms with Gasteiger partial charge >= 0.3 is 0 Å². The number of amides is 1. The number of aromatic nitrogens is 2. The molecule has 1 aliphatic rings. The lowest BCUT2D eigenvalue weighted by molar-refractivity contribution is -0.116. The number of phenols is 1. The molecule has 3 aromatic rings. The minimum absolute atomic E-state index is 0.0971. The molecule has 1 aliphatic heterocycles. The zero-order valence-electron chi connectivity index (χ0n) is 15.2. The monoisotopic (exact) mass is 393 g/mol. The predicted octanol–water partition coefficient (Wildman–Crippen LogP) is 3.55. The zero-order chi connectivity index (χ0) is 19.7. The van der Waals surface area contributed by atoms with Crippen LogP contribution < -0.4 is 10.9 Å². The fraction of sp³-hybridized carbons (Fsp3) is 0.190. The molecule has 0 radical (unpaired) electrons. The van der Waals surface area contributed by atoms with Crippen LogP contribution in [0.3, 0.4) is 0 Å². The van der Waals surface area contributed by atoms with Gasteiger partial charge in [0.05, 0.1) is 5.56 Å². The molecule has 7 heteroatoms. The Bertz CT molecular complexity index is 1110. The van der Waals surface area contributed by atoms with Crippen molar-refractivity contribution in [2.45, 2.75) is 30.2 Å². The summed E-state index contributed by atoms with van der Waals surface area (Å²) in [5.74, 6) is 0.412. The molecule has 3 N–H and O–H groups in total. The minimum atomic E-state index is -0.442. The third-order valence-corrected chi connectivity index (χ3v) is 5.75. The maximum Gasteiger partial charge on any atom is 0.257 e. The molecule has 0 fully saturated rings. The predicted molar refractivity (Wildman–Crippen MR) is 109 cm³/mol. The van der Waals surface area contributed by atoms with Crippen LogP contribution in [0.1, 0.15) is 34.6 Å². The number of thioether (sulfide) groups is 1. The number of aryl methyl sites for hydroxylation is 1. The van der Waals surface area contributed by atoms with Crippen molar-refractivity contribution in [2.24, 2.45) is 0 Å². The summed E-state index contributed by atoms with van der Waals surface area (Å²) in [7, 11) is 0. The smallest absolute Gasteiger partial charge is 0.257 e. The molecule has 0 spiro atoms. The summed E-state index contributed by atoms with van der Waals surface area (Å²) >= 11 is 1.42. The van der Waals surface area contributed by atoms with E-state index >= 15 is 0 Å². The van der Waals surface area contributed by atoms with Gasteiger partial charge in [-0.25, -0.2) is 4.98 Å². The van der Waals surface area contributed by atoms with E-state index in [0.29, 0.717) is 27.9 Å². The van der Waals surface area contributed by atoms with Gasteiger partial charge < -0.3 is 15.4 Å². The lowest BCUT2D eigenvalue weighted by atomic mass is 9.87. The normalized spacial score (nSPS) is 15.8. The number of aromatic hydroxyl groups is 1. The first-order valence-electron chi connectivity index (χ1n) is 8.91. The summed E-state index contributed by atoms with van der Waals surface area (Å²) in [4.78, 5) is 32.3. The van der Waals surface area contributed by atoms with Gasteiger partial charge in [0.15, 0.2) is 5.16 Å². The Hall–Kier alpha value is -3.06. The molecule has 1 amide bonds. The number of fused-ring (bicyclic) bond motifs is 1. The first kappa shape index (κ1) is 18.3. The van der Waals surface area contributed by atoms with Crippen LogP contribution in [0.25, 0.3) is 0 Å². The van der Waals surface area contributed by atoms with E-state index in [1.165, 1.54) is 17.3 Å². The quantitative estimate of drug-likeness (QED) is 0.465. The second kappa shape index (κ2) is 7.52. The molecule has 1 aromatic heterocycles. The van der Waals surface area contributed by atoms with Crippen LogP contribution in [-0.2, 0) is 10.5 Å². The number of carbonyl (C=O) groups excluding carboxylic acids is 1. The average Bonchev–Trinajstić information content (AvgIpc) is 2.66. The van der Waals surface area contributed by atoms with E-state index < -0.39 is 5.92 Å². The van der Waals surface area contributed by atoms with Crippen molar-refractivity contribution in [1.82, 2.24) is 9.97 Å². The standard InChI is InChI=1S/C21H19N3O3S/c1-12-5-2-3-6-14(12)11-28-21-23-19-18(20(27)24-21)16(10-17(26)22-19)13-7-4-8-15(25)9-13/h2-9,16,25H,10-11H2,1H3,(H2,22,23,24,26,27). The largest absolute Gasteiger partial charge is 0.508 e. The maximum absolute atomic E-state index is 12.8. The number of carbonyl (C=O) groups is 1. The summed E-state index contributed by atoms with van der Waals surface area (Å²) in [6.07, 6.45) is 0.136. The van der Waals surface area contributed by atoms with Gasteiger partial charge in [0, 0.05) is 18.1 Å². The Kier molecular flexibility index (Phi) is 4.92. The number of anilines is 1. The molecule has 0 saturated carbocycles.